The molecule has 0 radical (unpaired) electrons. The number of nitrogens with zero attached hydrogens (tertiary/aromatic N) is 1. The second-order valence-corrected chi connectivity index (χ2v) is 7.69. The van der Waals surface area contributed by atoms with Crippen molar-refractivity contribution < 1.29 is 19.1 Å². The van der Waals surface area contributed by atoms with Crippen LogP contribution in [-0.4, -0.2) is 41.1 Å². The van der Waals surface area contributed by atoms with E-state index in [0.717, 1.165) is 4.88 Å². The first-order valence-corrected chi connectivity index (χ1v) is 8.77. The molecule has 2 unspecified atom stereocenters. The van der Waals surface area contributed by atoms with Gasteiger partial charge in [-0.15, -0.1) is 11.3 Å². The van der Waals surface area contributed by atoms with Gasteiger partial charge in [0.15, 0.2) is 0 Å². The Hall–Kier alpha value is -1.66. The summed E-state index contributed by atoms with van der Waals surface area (Å²) in [5.41, 5.74) is -0.653. The monoisotopic (exact) mass is 333 g/mol. The van der Waals surface area contributed by atoms with Crippen molar-refractivity contribution in [3.8, 4) is 0 Å². The zero-order valence-corrected chi connectivity index (χ0v) is 13.9. The summed E-state index contributed by atoms with van der Waals surface area (Å²) in [7, 11) is 0. The zero-order chi connectivity index (χ0) is 16.2. The van der Waals surface area contributed by atoms with Crippen molar-refractivity contribution in [3.05, 3.63) is 34.5 Å². The number of thiophene rings is 1. The Bertz CT molecular complexity index is 668. The number of carbonyl (C=O) groups excluding carboxylic acids is 2. The molecular weight excluding hydrogens is 314 g/mol. The van der Waals surface area contributed by atoms with Gasteiger partial charge >= 0.3 is 5.97 Å². The lowest BCUT2D eigenvalue weighted by molar-refractivity contribution is -0.157. The maximum atomic E-state index is 12.9. The number of carbonyl (C=O) groups is 2. The third kappa shape index (κ3) is 2.23. The van der Waals surface area contributed by atoms with Crippen LogP contribution in [0.1, 0.15) is 18.7 Å². The first-order valence-electron chi connectivity index (χ1n) is 7.89. The highest BCUT2D eigenvalue weighted by molar-refractivity contribution is 7.09. The molecule has 1 spiro atoms. The van der Waals surface area contributed by atoms with Crippen LogP contribution in [-0.2, 0) is 25.6 Å². The van der Waals surface area contributed by atoms with Gasteiger partial charge in [0, 0.05) is 4.88 Å². The standard InChI is InChI=1S/C17H19NO4S/c1-10(2)21-16(20)13-12-5-6-17(22-12)9-18(15(19)14(13)17)8-11-4-3-7-23-11/h3-7,10,12-14H,8-9H2,1-2H3/t12-,13?,14-,17?/m0/s1. The maximum absolute atomic E-state index is 12.9. The van der Waals surface area contributed by atoms with Crippen LogP contribution < -0.4 is 0 Å². The fourth-order valence-corrected chi connectivity index (χ4v) is 4.60. The fourth-order valence-electron chi connectivity index (χ4n) is 3.88. The number of ether oxygens (including phenoxy) is 2. The minimum atomic E-state index is -0.653. The smallest absolute Gasteiger partial charge is 0.313 e. The highest BCUT2D eigenvalue weighted by atomic mass is 32.1. The van der Waals surface area contributed by atoms with Crippen LogP contribution in [0.25, 0.3) is 0 Å². The molecule has 1 aromatic rings. The Labute approximate surface area is 138 Å². The van der Waals surface area contributed by atoms with Gasteiger partial charge in [0.1, 0.15) is 11.5 Å². The molecule has 1 aromatic heterocycles. The minimum Gasteiger partial charge on any atom is -0.463 e. The molecule has 0 N–H and O–H groups in total. The van der Waals surface area contributed by atoms with Gasteiger partial charge in [-0.05, 0) is 25.3 Å². The first-order chi connectivity index (χ1) is 11.0. The Morgan fingerprint density at radius 3 is 3.09 bits per heavy atom. The van der Waals surface area contributed by atoms with Gasteiger partial charge in [-0.2, -0.15) is 0 Å². The normalized spacial score (nSPS) is 34.5. The molecule has 0 saturated carbocycles. The molecule has 2 saturated heterocycles. The molecule has 4 rings (SSSR count). The molecule has 0 aromatic carbocycles. The third-order valence-electron chi connectivity index (χ3n) is 4.73. The topological polar surface area (TPSA) is 55.8 Å². The van der Waals surface area contributed by atoms with E-state index in [9.17, 15) is 9.59 Å². The molecule has 1 amide bonds. The van der Waals surface area contributed by atoms with E-state index >= 15 is 0 Å². The van der Waals surface area contributed by atoms with Gasteiger partial charge in [0.25, 0.3) is 0 Å². The largest absolute Gasteiger partial charge is 0.463 e. The summed E-state index contributed by atoms with van der Waals surface area (Å²) >= 11 is 1.63. The summed E-state index contributed by atoms with van der Waals surface area (Å²) < 4.78 is 11.4. The van der Waals surface area contributed by atoms with E-state index in [1.807, 2.05) is 43.5 Å². The van der Waals surface area contributed by atoms with Crippen LogP contribution in [0.3, 0.4) is 0 Å². The van der Waals surface area contributed by atoms with Crippen molar-refractivity contribution in [2.24, 2.45) is 11.8 Å². The number of rotatable bonds is 4. The zero-order valence-electron chi connectivity index (χ0n) is 13.1. The molecule has 2 bridgehead atoms. The summed E-state index contributed by atoms with van der Waals surface area (Å²) in [6.45, 7) is 4.71. The predicted molar refractivity (Wildman–Crippen MR) is 84.7 cm³/mol. The predicted octanol–water partition coefficient (Wildman–Crippen LogP) is 1.98. The van der Waals surface area contributed by atoms with Crippen LogP contribution in [0.5, 0.6) is 0 Å². The van der Waals surface area contributed by atoms with Crippen LogP contribution in [0.2, 0.25) is 0 Å². The quantitative estimate of drug-likeness (QED) is 0.624. The molecule has 3 aliphatic heterocycles. The van der Waals surface area contributed by atoms with Crippen molar-refractivity contribution in [2.45, 2.75) is 38.2 Å². The Morgan fingerprint density at radius 1 is 1.57 bits per heavy atom. The van der Waals surface area contributed by atoms with E-state index in [0.29, 0.717) is 13.1 Å². The average Bonchev–Trinajstić information content (AvgIpc) is 3.21. The van der Waals surface area contributed by atoms with Gasteiger partial charge in [-0.1, -0.05) is 18.2 Å². The Balaban J connectivity index is 1.59. The fraction of sp³-hybridized carbons (Fsp3) is 0.529. The number of hydrogen-bond acceptors (Lipinski definition) is 5. The molecule has 6 heteroatoms. The highest BCUT2D eigenvalue weighted by Crippen LogP contribution is 2.52. The molecule has 122 valence electrons. The van der Waals surface area contributed by atoms with Gasteiger partial charge < -0.3 is 14.4 Å². The summed E-state index contributed by atoms with van der Waals surface area (Å²) in [6, 6.07) is 3.99. The lowest BCUT2D eigenvalue weighted by atomic mass is 9.77. The number of fused-ring (bicyclic) bond motifs is 1. The number of amides is 1. The lowest BCUT2D eigenvalue weighted by Crippen LogP contribution is -2.40. The lowest BCUT2D eigenvalue weighted by Gasteiger charge is -2.23. The highest BCUT2D eigenvalue weighted by Gasteiger charge is 2.67. The molecule has 23 heavy (non-hydrogen) atoms. The summed E-state index contributed by atoms with van der Waals surface area (Å²) in [5.74, 6) is -1.31. The van der Waals surface area contributed by atoms with Crippen molar-refractivity contribution >= 4 is 23.2 Å². The molecule has 3 aliphatic rings. The van der Waals surface area contributed by atoms with Crippen LogP contribution in [0, 0.1) is 11.8 Å². The van der Waals surface area contributed by atoms with Gasteiger partial charge in [-0.3, -0.25) is 9.59 Å². The van der Waals surface area contributed by atoms with Gasteiger partial charge in [0.2, 0.25) is 5.91 Å². The molecular formula is C17H19NO4S. The molecule has 4 heterocycles. The second-order valence-electron chi connectivity index (χ2n) is 6.66. The molecule has 0 aliphatic carbocycles. The van der Waals surface area contributed by atoms with E-state index in [2.05, 4.69) is 0 Å². The van der Waals surface area contributed by atoms with E-state index in [1.165, 1.54) is 0 Å². The first kappa shape index (κ1) is 14.9. The number of hydrogen-bond donors (Lipinski definition) is 0. The Kier molecular flexibility index (Phi) is 3.35. The van der Waals surface area contributed by atoms with Crippen LogP contribution in [0.15, 0.2) is 29.7 Å². The minimum absolute atomic E-state index is 0.00374. The molecule has 5 nitrogen and oxygen atoms in total. The van der Waals surface area contributed by atoms with Crippen molar-refractivity contribution in [1.82, 2.24) is 4.90 Å². The summed E-state index contributed by atoms with van der Waals surface area (Å²) in [6.07, 6.45) is 3.35. The molecule has 2 fully saturated rings. The van der Waals surface area contributed by atoms with Crippen molar-refractivity contribution in [1.29, 1.82) is 0 Å². The van der Waals surface area contributed by atoms with E-state index in [1.54, 1.807) is 16.2 Å². The van der Waals surface area contributed by atoms with E-state index < -0.39 is 17.4 Å². The SMILES string of the molecule is CC(C)OC(=O)C1[C@@H]2C=CC3(CN(Cc4cccs4)C(=O)[C@H]13)O2. The maximum Gasteiger partial charge on any atom is 0.313 e. The van der Waals surface area contributed by atoms with Gasteiger partial charge in [0.05, 0.1) is 31.2 Å². The Morgan fingerprint density at radius 2 is 2.39 bits per heavy atom. The number of esters is 1. The van der Waals surface area contributed by atoms with E-state index in [4.69, 9.17) is 9.47 Å². The van der Waals surface area contributed by atoms with Crippen LogP contribution in [0.4, 0.5) is 0 Å². The van der Waals surface area contributed by atoms with Gasteiger partial charge in [-0.25, -0.2) is 0 Å². The number of likely N-dealkylation sites (tertiary alicyclic amines) is 1. The average molecular weight is 333 g/mol. The van der Waals surface area contributed by atoms with Crippen molar-refractivity contribution in [3.63, 3.8) is 0 Å². The van der Waals surface area contributed by atoms with Crippen LogP contribution >= 0.6 is 11.3 Å². The molecule has 4 atom stereocenters. The summed E-state index contributed by atoms with van der Waals surface area (Å²) in [5, 5.41) is 2.00. The second kappa shape index (κ2) is 5.18. The van der Waals surface area contributed by atoms with Crippen molar-refractivity contribution in [2.75, 3.05) is 6.54 Å². The third-order valence-corrected chi connectivity index (χ3v) is 5.59. The van der Waals surface area contributed by atoms with E-state index in [-0.39, 0.29) is 24.1 Å². The summed E-state index contributed by atoms with van der Waals surface area (Å²) in [4.78, 5) is 28.3.